The van der Waals surface area contributed by atoms with Gasteiger partial charge in [0.1, 0.15) is 7.05 Å². The van der Waals surface area contributed by atoms with Crippen LogP contribution < -0.4 is 4.57 Å². The molecular weight excluding hydrogens is 244 g/mol. The van der Waals surface area contributed by atoms with Crippen LogP contribution in [0.1, 0.15) is 11.1 Å². The number of nitrogens with zero attached hydrogens (tertiary/aromatic N) is 1. The first-order valence-electron chi connectivity index (χ1n) is 6.95. The number of para-hydroxylation sites is 1. The van der Waals surface area contributed by atoms with Crippen molar-refractivity contribution in [2.24, 2.45) is 7.05 Å². The van der Waals surface area contributed by atoms with Gasteiger partial charge >= 0.3 is 0 Å². The number of aromatic amines is 1. The van der Waals surface area contributed by atoms with Crippen LogP contribution in [0.3, 0.4) is 0 Å². The SMILES string of the molecule is Cc1c2c[n+](C)ccc2c(C)c2c1[nH]c1ccccc12. The van der Waals surface area contributed by atoms with E-state index in [-0.39, 0.29) is 0 Å². The van der Waals surface area contributed by atoms with E-state index in [1.54, 1.807) is 0 Å². The molecule has 2 heterocycles. The molecule has 4 rings (SSSR count). The van der Waals surface area contributed by atoms with Gasteiger partial charge in [0.2, 0.25) is 0 Å². The number of hydrogen-bond acceptors (Lipinski definition) is 0. The van der Waals surface area contributed by atoms with Crippen LogP contribution in [0.2, 0.25) is 0 Å². The standard InChI is InChI=1S/C18H16N2/c1-11-13-8-9-20(3)10-15(13)12(2)18-17(11)14-6-4-5-7-16(14)19-18/h4-10H,1-3H3/p+1. The van der Waals surface area contributed by atoms with Crippen LogP contribution in [-0.2, 0) is 7.05 Å². The molecule has 20 heavy (non-hydrogen) atoms. The number of rotatable bonds is 0. The molecule has 0 aliphatic rings. The molecule has 0 unspecified atom stereocenters. The molecule has 2 aromatic heterocycles. The molecule has 4 aromatic rings. The molecule has 0 amide bonds. The summed E-state index contributed by atoms with van der Waals surface area (Å²) in [5.41, 5.74) is 5.17. The van der Waals surface area contributed by atoms with E-state index in [0.29, 0.717) is 0 Å². The van der Waals surface area contributed by atoms with Crippen LogP contribution in [0.4, 0.5) is 0 Å². The lowest BCUT2D eigenvalue weighted by atomic mass is 9.97. The summed E-state index contributed by atoms with van der Waals surface area (Å²) in [6.45, 7) is 4.43. The number of aryl methyl sites for hydroxylation is 3. The minimum absolute atomic E-state index is 1.22. The molecule has 0 radical (unpaired) electrons. The molecule has 0 bridgehead atoms. The highest BCUT2D eigenvalue weighted by atomic mass is 14.9. The molecule has 0 saturated heterocycles. The van der Waals surface area contributed by atoms with Gasteiger partial charge in [-0.05, 0) is 36.4 Å². The van der Waals surface area contributed by atoms with Gasteiger partial charge in [0.25, 0.3) is 0 Å². The Hall–Kier alpha value is -2.35. The van der Waals surface area contributed by atoms with E-state index in [9.17, 15) is 0 Å². The number of aromatic nitrogens is 2. The monoisotopic (exact) mass is 261 g/mol. The maximum atomic E-state index is 3.59. The van der Waals surface area contributed by atoms with Gasteiger partial charge in [0.05, 0.1) is 10.9 Å². The predicted molar refractivity (Wildman–Crippen MR) is 84.0 cm³/mol. The van der Waals surface area contributed by atoms with Gasteiger partial charge in [0.15, 0.2) is 12.4 Å². The van der Waals surface area contributed by atoms with Gasteiger partial charge in [-0.25, -0.2) is 4.57 Å². The predicted octanol–water partition coefficient (Wildman–Crippen LogP) is 3.92. The van der Waals surface area contributed by atoms with Crippen LogP contribution in [-0.4, -0.2) is 4.98 Å². The summed E-state index contributed by atoms with van der Waals surface area (Å²) in [4.78, 5) is 3.59. The van der Waals surface area contributed by atoms with Crippen LogP contribution in [0.25, 0.3) is 32.6 Å². The lowest BCUT2D eigenvalue weighted by Gasteiger charge is -2.07. The average Bonchev–Trinajstić information content (AvgIpc) is 2.84. The molecule has 0 aliphatic carbocycles. The van der Waals surface area contributed by atoms with E-state index in [4.69, 9.17) is 0 Å². The zero-order valence-electron chi connectivity index (χ0n) is 12.0. The quantitative estimate of drug-likeness (QED) is 0.463. The summed E-state index contributed by atoms with van der Waals surface area (Å²) in [5.74, 6) is 0. The molecular formula is C18H17N2+. The Morgan fingerprint density at radius 3 is 2.55 bits per heavy atom. The highest BCUT2D eigenvalue weighted by Crippen LogP contribution is 2.35. The lowest BCUT2D eigenvalue weighted by Crippen LogP contribution is -2.26. The van der Waals surface area contributed by atoms with Crippen LogP contribution in [0, 0.1) is 13.8 Å². The third kappa shape index (κ3) is 1.36. The smallest absolute Gasteiger partial charge is 0.176 e. The fourth-order valence-electron chi connectivity index (χ4n) is 3.31. The number of benzene rings is 2. The van der Waals surface area contributed by atoms with E-state index >= 15 is 0 Å². The van der Waals surface area contributed by atoms with Crippen molar-refractivity contribution in [3.63, 3.8) is 0 Å². The van der Waals surface area contributed by atoms with Crippen molar-refractivity contribution in [3.8, 4) is 0 Å². The maximum absolute atomic E-state index is 3.59. The van der Waals surface area contributed by atoms with Crippen molar-refractivity contribution in [1.82, 2.24) is 4.98 Å². The number of pyridine rings is 1. The highest BCUT2D eigenvalue weighted by Gasteiger charge is 2.15. The van der Waals surface area contributed by atoms with Gasteiger partial charge in [-0.3, -0.25) is 0 Å². The van der Waals surface area contributed by atoms with Crippen LogP contribution in [0.15, 0.2) is 42.7 Å². The Balaban J connectivity index is 2.36. The largest absolute Gasteiger partial charge is 0.354 e. The van der Waals surface area contributed by atoms with Crippen molar-refractivity contribution in [2.75, 3.05) is 0 Å². The van der Waals surface area contributed by atoms with Gasteiger partial charge in [-0.2, -0.15) is 0 Å². The number of H-pyrrole nitrogens is 1. The first-order valence-corrected chi connectivity index (χ1v) is 6.95. The second kappa shape index (κ2) is 3.83. The van der Waals surface area contributed by atoms with Gasteiger partial charge < -0.3 is 4.98 Å². The van der Waals surface area contributed by atoms with Crippen molar-refractivity contribution >= 4 is 32.6 Å². The Morgan fingerprint density at radius 1 is 0.900 bits per heavy atom. The summed E-state index contributed by atoms with van der Waals surface area (Å²) in [6.07, 6.45) is 4.33. The normalized spacial score (nSPS) is 11.8. The van der Waals surface area contributed by atoms with E-state index in [2.05, 4.69) is 73.2 Å². The fraction of sp³-hybridized carbons (Fsp3) is 0.167. The Kier molecular flexibility index (Phi) is 2.19. The molecule has 0 saturated carbocycles. The van der Waals surface area contributed by atoms with E-state index < -0.39 is 0 Å². The van der Waals surface area contributed by atoms with Gasteiger partial charge in [-0.15, -0.1) is 0 Å². The van der Waals surface area contributed by atoms with Gasteiger partial charge in [0, 0.05) is 22.4 Å². The molecule has 0 atom stereocenters. The van der Waals surface area contributed by atoms with Crippen LogP contribution in [0.5, 0.6) is 0 Å². The first-order chi connectivity index (χ1) is 9.66. The zero-order valence-corrected chi connectivity index (χ0v) is 12.0. The van der Waals surface area contributed by atoms with E-state index in [1.165, 1.54) is 43.7 Å². The number of hydrogen-bond donors (Lipinski definition) is 1. The lowest BCUT2D eigenvalue weighted by molar-refractivity contribution is -0.670. The van der Waals surface area contributed by atoms with Crippen molar-refractivity contribution < 1.29 is 4.57 Å². The van der Waals surface area contributed by atoms with E-state index in [1.807, 2.05) is 0 Å². The third-order valence-corrected chi connectivity index (χ3v) is 4.36. The van der Waals surface area contributed by atoms with Crippen molar-refractivity contribution in [1.29, 1.82) is 0 Å². The summed E-state index contributed by atoms with van der Waals surface area (Å²) in [6, 6.07) is 10.8. The molecule has 1 N–H and O–H groups in total. The summed E-state index contributed by atoms with van der Waals surface area (Å²) in [7, 11) is 2.07. The summed E-state index contributed by atoms with van der Waals surface area (Å²) in [5, 5.41) is 5.35. The second-order valence-electron chi connectivity index (χ2n) is 5.61. The molecule has 0 fully saturated rings. The number of nitrogens with one attached hydrogen (secondary N) is 1. The minimum Gasteiger partial charge on any atom is -0.354 e. The molecule has 98 valence electrons. The molecule has 0 spiro atoms. The number of fused-ring (bicyclic) bond motifs is 4. The summed E-state index contributed by atoms with van der Waals surface area (Å²) >= 11 is 0. The molecule has 0 aliphatic heterocycles. The zero-order chi connectivity index (χ0) is 13.9. The van der Waals surface area contributed by atoms with Crippen LogP contribution >= 0.6 is 0 Å². The second-order valence-corrected chi connectivity index (χ2v) is 5.61. The Labute approximate surface area is 117 Å². The molecule has 2 aromatic carbocycles. The van der Waals surface area contributed by atoms with Gasteiger partial charge in [-0.1, -0.05) is 18.2 Å². The molecule has 2 nitrogen and oxygen atoms in total. The molecule has 2 heteroatoms. The van der Waals surface area contributed by atoms with Crippen molar-refractivity contribution in [2.45, 2.75) is 13.8 Å². The first kappa shape index (κ1) is 11.5. The average molecular weight is 261 g/mol. The third-order valence-electron chi connectivity index (χ3n) is 4.36. The fourth-order valence-corrected chi connectivity index (χ4v) is 3.31. The minimum atomic E-state index is 1.22. The topological polar surface area (TPSA) is 19.7 Å². The van der Waals surface area contributed by atoms with Crippen molar-refractivity contribution in [3.05, 3.63) is 53.9 Å². The summed E-state index contributed by atoms with van der Waals surface area (Å²) < 4.78 is 2.11. The Bertz CT molecular complexity index is 977. The Morgan fingerprint density at radius 2 is 1.70 bits per heavy atom. The van der Waals surface area contributed by atoms with E-state index in [0.717, 1.165) is 0 Å². The highest BCUT2D eigenvalue weighted by molar-refractivity contribution is 6.16. The maximum Gasteiger partial charge on any atom is 0.176 e.